The highest BCUT2D eigenvalue weighted by atomic mass is 16.5. The highest BCUT2D eigenvalue weighted by molar-refractivity contribution is 5.92. The minimum atomic E-state index is -0.391. The van der Waals surface area contributed by atoms with E-state index >= 15 is 0 Å². The van der Waals surface area contributed by atoms with Gasteiger partial charge in [0.1, 0.15) is 12.4 Å². The van der Waals surface area contributed by atoms with Crippen LogP contribution in [0.25, 0.3) is 0 Å². The largest absolute Gasteiger partial charge is 0.472 e. The summed E-state index contributed by atoms with van der Waals surface area (Å²) in [6.07, 6.45) is 2.96. The van der Waals surface area contributed by atoms with E-state index in [1.807, 2.05) is 6.92 Å². The lowest BCUT2D eigenvalue weighted by atomic mass is 10.1. The van der Waals surface area contributed by atoms with E-state index in [1.54, 1.807) is 13.0 Å². The van der Waals surface area contributed by atoms with Gasteiger partial charge in [-0.25, -0.2) is 0 Å². The third-order valence-corrected chi connectivity index (χ3v) is 3.72. The number of amides is 1. The fourth-order valence-electron chi connectivity index (χ4n) is 2.17. The van der Waals surface area contributed by atoms with Crippen LogP contribution in [0, 0.1) is 6.92 Å². The molecule has 2 rings (SSSR count). The number of rotatable bonds is 9. The number of aryl methyl sites for hydroxylation is 2. The molecule has 0 aliphatic heterocycles. The lowest BCUT2D eigenvalue weighted by molar-refractivity contribution is 0.0916. The maximum absolute atomic E-state index is 11.9. The number of aliphatic hydroxyl groups is 1. The summed E-state index contributed by atoms with van der Waals surface area (Å²) in [6, 6.07) is 2.77. The average Bonchev–Trinajstić information content (AvgIpc) is 2.98. The highest BCUT2D eigenvalue weighted by Gasteiger charge is 2.14. The van der Waals surface area contributed by atoms with Gasteiger partial charge in [0.25, 0.3) is 5.91 Å². The fourth-order valence-corrected chi connectivity index (χ4v) is 2.17. The molecule has 0 unspecified atom stereocenters. The van der Waals surface area contributed by atoms with E-state index in [-0.39, 0.29) is 24.9 Å². The van der Waals surface area contributed by atoms with E-state index in [0.29, 0.717) is 5.88 Å². The third kappa shape index (κ3) is 5.25. The molecule has 0 aromatic carbocycles. The van der Waals surface area contributed by atoms with Crippen LogP contribution in [0.5, 0.6) is 5.88 Å². The van der Waals surface area contributed by atoms with Crippen LogP contribution >= 0.6 is 0 Å². The molecule has 0 radical (unpaired) electrons. The van der Waals surface area contributed by atoms with Crippen molar-refractivity contribution < 1.29 is 19.2 Å². The van der Waals surface area contributed by atoms with Gasteiger partial charge in [-0.3, -0.25) is 4.79 Å². The first-order valence-electron chi connectivity index (χ1n) is 8.37. The Morgan fingerprint density at radius 2 is 2.20 bits per heavy atom. The number of nitrogens with zero attached hydrogens (tertiary/aromatic N) is 3. The van der Waals surface area contributed by atoms with E-state index in [0.717, 1.165) is 36.3 Å². The Hall–Kier alpha value is -2.48. The first kappa shape index (κ1) is 18.9. The first-order valence-corrected chi connectivity index (χ1v) is 8.37. The number of aromatic nitrogens is 3. The van der Waals surface area contributed by atoms with E-state index in [4.69, 9.17) is 14.4 Å². The van der Waals surface area contributed by atoms with Gasteiger partial charge in [0.15, 0.2) is 5.69 Å². The number of carbonyl (C=O) groups is 1. The van der Waals surface area contributed by atoms with Crippen LogP contribution in [-0.2, 0) is 13.0 Å². The number of carbonyl (C=O) groups excluding carboxylic acids is 1. The second-order valence-electron chi connectivity index (χ2n) is 5.87. The molecule has 0 saturated carbocycles. The molecule has 1 amide bonds. The molecule has 8 nitrogen and oxygen atoms in total. The molecule has 0 bridgehead atoms. The molecule has 2 aromatic rings. The van der Waals surface area contributed by atoms with Crippen LogP contribution in [-0.4, -0.2) is 39.0 Å². The second kappa shape index (κ2) is 9.12. The molecular formula is C17H24N4O4. The van der Waals surface area contributed by atoms with Crippen molar-refractivity contribution >= 4 is 5.91 Å². The molecule has 2 N–H and O–H groups in total. The minimum absolute atomic E-state index is 0.140. The summed E-state index contributed by atoms with van der Waals surface area (Å²) < 4.78 is 10.9. The predicted octanol–water partition coefficient (Wildman–Crippen LogP) is 1.81. The highest BCUT2D eigenvalue weighted by Crippen LogP contribution is 2.18. The molecular weight excluding hydrogens is 324 g/mol. The predicted molar refractivity (Wildman–Crippen MR) is 90.2 cm³/mol. The summed E-state index contributed by atoms with van der Waals surface area (Å²) in [5.74, 6) is 0.652. The van der Waals surface area contributed by atoms with Crippen molar-refractivity contribution in [3.8, 4) is 5.88 Å². The van der Waals surface area contributed by atoms with Gasteiger partial charge in [-0.15, -0.1) is 10.2 Å². The molecule has 0 saturated heterocycles. The van der Waals surface area contributed by atoms with Crippen LogP contribution in [0.2, 0.25) is 0 Å². The van der Waals surface area contributed by atoms with Crippen LogP contribution < -0.4 is 10.1 Å². The molecule has 0 aliphatic carbocycles. The quantitative estimate of drug-likeness (QED) is 0.711. The number of ether oxygens (including phenoxy) is 1. The monoisotopic (exact) mass is 348 g/mol. The normalized spacial score (nSPS) is 12.0. The van der Waals surface area contributed by atoms with E-state index in [9.17, 15) is 4.79 Å². The lowest BCUT2D eigenvalue weighted by Gasteiger charge is -2.10. The van der Waals surface area contributed by atoms with Crippen LogP contribution in [0.15, 0.2) is 16.7 Å². The number of aliphatic hydroxyl groups excluding tert-OH is 1. The summed E-state index contributed by atoms with van der Waals surface area (Å²) in [4.78, 5) is 11.9. The average molecular weight is 348 g/mol. The van der Waals surface area contributed by atoms with Crippen molar-refractivity contribution in [2.75, 3.05) is 6.61 Å². The van der Waals surface area contributed by atoms with Crippen molar-refractivity contribution in [1.29, 1.82) is 0 Å². The molecule has 0 fully saturated rings. The summed E-state index contributed by atoms with van der Waals surface area (Å²) >= 11 is 0. The summed E-state index contributed by atoms with van der Waals surface area (Å²) in [5, 5.41) is 23.4. The zero-order chi connectivity index (χ0) is 18.2. The van der Waals surface area contributed by atoms with Crippen LogP contribution in [0.3, 0.4) is 0 Å². The second-order valence-corrected chi connectivity index (χ2v) is 5.87. The zero-order valence-corrected chi connectivity index (χ0v) is 14.8. The molecule has 0 spiro atoms. The van der Waals surface area contributed by atoms with Gasteiger partial charge in [0, 0.05) is 12.1 Å². The number of nitrogens with one attached hydrogen (secondary N) is 1. The summed E-state index contributed by atoms with van der Waals surface area (Å²) in [7, 11) is 0. The summed E-state index contributed by atoms with van der Waals surface area (Å²) in [6.45, 7) is 5.81. The standard InChI is InChI=1S/C17H24N4O4/c1-4-5-6-14-13(12(3)25-21-14)10-24-16-8-7-15(19-20-16)17(23)18-11(2)9-22/h7-8,11,22H,4-6,9-10H2,1-3H3,(H,18,23)/t11-/m0/s1. The van der Waals surface area contributed by atoms with E-state index < -0.39 is 5.91 Å². The van der Waals surface area contributed by atoms with Gasteiger partial charge in [0.2, 0.25) is 5.88 Å². The third-order valence-electron chi connectivity index (χ3n) is 3.72. The Labute approximate surface area is 146 Å². The topological polar surface area (TPSA) is 110 Å². The van der Waals surface area contributed by atoms with E-state index in [2.05, 4.69) is 27.6 Å². The maximum Gasteiger partial charge on any atom is 0.272 e. The molecule has 1 atom stereocenters. The SMILES string of the molecule is CCCCc1noc(C)c1COc1ccc(C(=O)N[C@@H](C)CO)nn1. The molecule has 2 aromatic heterocycles. The van der Waals surface area contributed by atoms with Gasteiger partial charge >= 0.3 is 0 Å². The van der Waals surface area contributed by atoms with Gasteiger partial charge in [-0.05, 0) is 32.8 Å². The Bertz CT molecular complexity index is 684. The lowest BCUT2D eigenvalue weighted by Crippen LogP contribution is -2.35. The Morgan fingerprint density at radius 1 is 1.40 bits per heavy atom. The van der Waals surface area contributed by atoms with Crippen molar-refractivity contribution in [2.24, 2.45) is 0 Å². The fraction of sp³-hybridized carbons (Fsp3) is 0.529. The Morgan fingerprint density at radius 3 is 2.84 bits per heavy atom. The van der Waals surface area contributed by atoms with Gasteiger partial charge < -0.3 is 19.7 Å². The van der Waals surface area contributed by atoms with Gasteiger partial charge in [-0.2, -0.15) is 0 Å². The van der Waals surface area contributed by atoms with Crippen molar-refractivity contribution in [2.45, 2.75) is 52.7 Å². The van der Waals surface area contributed by atoms with E-state index in [1.165, 1.54) is 6.07 Å². The number of unbranched alkanes of at least 4 members (excludes halogenated alkanes) is 1. The van der Waals surface area contributed by atoms with Crippen LogP contribution in [0.4, 0.5) is 0 Å². The van der Waals surface area contributed by atoms with Gasteiger partial charge in [0.05, 0.1) is 17.9 Å². The molecule has 25 heavy (non-hydrogen) atoms. The zero-order valence-electron chi connectivity index (χ0n) is 14.8. The van der Waals surface area contributed by atoms with Crippen molar-refractivity contribution in [3.63, 3.8) is 0 Å². The first-order chi connectivity index (χ1) is 12.0. The maximum atomic E-state index is 11.9. The summed E-state index contributed by atoms with van der Waals surface area (Å²) in [5.41, 5.74) is 1.99. The molecule has 136 valence electrons. The van der Waals surface area contributed by atoms with Gasteiger partial charge in [-0.1, -0.05) is 18.5 Å². The minimum Gasteiger partial charge on any atom is -0.472 e. The molecule has 2 heterocycles. The Kier molecular flexibility index (Phi) is 6.88. The Balaban J connectivity index is 1.96. The van der Waals surface area contributed by atoms with Crippen molar-refractivity contribution in [3.05, 3.63) is 34.8 Å². The smallest absolute Gasteiger partial charge is 0.272 e. The number of hydrogen-bond donors (Lipinski definition) is 2. The number of hydrogen-bond acceptors (Lipinski definition) is 7. The van der Waals surface area contributed by atoms with Crippen LogP contribution in [0.1, 0.15) is 54.2 Å². The van der Waals surface area contributed by atoms with Crippen molar-refractivity contribution in [1.82, 2.24) is 20.7 Å². The molecule has 8 heteroatoms. The molecule has 0 aliphatic rings.